The van der Waals surface area contributed by atoms with Crippen LogP contribution in [0.15, 0.2) is 53.0 Å². The number of rotatable bonds is 7. The first-order chi connectivity index (χ1) is 13.4. The third kappa shape index (κ3) is 5.35. The average Bonchev–Trinajstić information content (AvgIpc) is 3.03. The van der Waals surface area contributed by atoms with Crippen molar-refractivity contribution in [1.29, 1.82) is 0 Å². The van der Waals surface area contributed by atoms with E-state index in [1.165, 1.54) is 0 Å². The molecule has 0 N–H and O–H groups in total. The summed E-state index contributed by atoms with van der Waals surface area (Å²) in [6.45, 7) is 2.97. The predicted octanol–water partition coefficient (Wildman–Crippen LogP) is 4.07. The van der Waals surface area contributed by atoms with Crippen LogP contribution in [0.25, 0.3) is 0 Å². The molecule has 1 saturated heterocycles. The molecule has 0 saturated carbocycles. The van der Waals surface area contributed by atoms with Gasteiger partial charge in [0.25, 0.3) is 5.91 Å². The van der Waals surface area contributed by atoms with E-state index in [1.54, 1.807) is 23.1 Å². The lowest BCUT2D eigenvalue weighted by molar-refractivity contribution is 0.0680. The highest BCUT2D eigenvalue weighted by atomic mass is 79.9. The Labute approximate surface area is 174 Å². The van der Waals surface area contributed by atoms with Crippen LogP contribution in [0.3, 0.4) is 0 Å². The lowest BCUT2D eigenvalue weighted by atomic mass is 10.1. The standard InChI is InChI=1S/C21H24BrNO4S/c1-2-10-27-20-8-4-6-17(13-20)21(24)23(19-9-11-28(25,26)15-19)14-16-5-3-7-18(22)12-16/h3-8,12-13,19H,2,9-11,14-15H2,1H3/t19-/m0/s1. The zero-order chi connectivity index (χ0) is 20.1. The summed E-state index contributed by atoms with van der Waals surface area (Å²) < 4.78 is 30.6. The largest absolute Gasteiger partial charge is 0.494 e. The Morgan fingerprint density at radius 3 is 2.68 bits per heavy atom. The molecule has 1 amide bonds. The Hall–Kier alpha value is -1.86. The SMILES string of the molecule is CCCOc1cccc(C(=O)N(Cc2cccc(Br)c2)[C@H]2CCS(=O)(=O)C2)c1. The van der Waals surface area contributed by atoms with Crippen molar-refractivity contribution in [3.63, 3.8) is 0 Å². The van der Waals surface area contributed by atoms with Gasteiger partial charge < -0.3 is 9.64 Å². The van der Waals surface area contributed by atoms with E-state index in [0.29, 0.717) is 30.9 Å². The van der Waals surface area contributed by atoms with E-state index >= 15 is 0 Å². The summed E-state index contributed by atoms with van der Waals surface area (Å²) in [5.74, 6) is 0.608. The molecule has 3 rings (SSSR count). The Bertz CT molecular complexity index is 945. The number of hydrogen-bond acceptors (Lipinski definition) is 4. The topological polar surface area (TPSA) is 63.7 Å². The van der Waals surface area contributed by atoms with Crippen molar-refractivity contribution in [3.8, 4) is 5.75 Å². The molecule has 5 nitrogen and oxygen atoms in total. The Morgan fingerprint density at radius 2 is 2.00 bits per heavy atom. The molecule has 0 aliphatic carbocycles. The number of ether oxygens (including phenoxy) is 1. The van der Waals surface area contributed by atoms with E-state index in [1.807, 2.05) is 37.3 Å². The molecule has 150 valence electrons. The van der Waals surface area contributed by atoms with Crippen LogP contribution < -0.4 is 4.74 Å². The lowest BCUT2D eigenvalue weighted by Gasteiger charge is -2.29. The fourth-order valence-electron chi connectivity index (χ4n) is 3.32. The monoisotopic (exact) mass is 465 g/mol. The van der Waals surface area contributed by atoms with Crippen molar-refractivity contribution in [2.75, 3.05) is 18.1 Å². The van der Waals surface area contributed by atoms with Crippen LogP contribution in [0.5, 0.6) is 5.75 Å². The Morgan fingerprint density at radius 1 is 1.21 bits per heavy atom. The van der Waals surface area contributed by atoms with Crippen molar-refractivity contribution >= 4 is 31.7 Å². The van der Waals surface area contributed by atoms with Gasteiger partial charge in [-0.25, -0.2) is 8.42 Å². The highest BCUT2D eigenvalue weighted by Gasteiger charge is 2.35. The number of benzene rings is 2. The van der Waals surface area contributed by atoms with Crippen LogP contribution in [0, 0.1) is 0 Å². The van der Waals surface area contributed by atoms with Crippen molar-refractivity contribution in [1.82, 2.24) is 4.90 Å². The molecule has 1 aliphatic rings. The number of amides is 1. The summed E-state index contributed by atoms with van der Waals surface area (Å²) in [5.41, 5.74) is 1.46. The van der Waals surface area contributed by atoms with Gasteiger partial charge in [0.2, 0.25) is 0 Å². The van der Waals surface area contributed by atoms with E-state index in [-0.39, 0.29) is 23.5 Å². The van der Waals surface area contributed by atoms with E-state index in [9.17, 15) is 13.2 Å². The molecule has 7 heteroatoms. The van der Waals surface area contributed by atoms with E-state index in [2.05, 4.69) is 15.9 Å². The van der Waals surface area contributed by atoms with Gasteiger partial charge in [-0.2, -0.15) is 0 Å². The minimum atomic E-state index is -3.10. The number of carbonyl (C=O) groups is 1. The Kier molecular flexibility index (Phi) is 6.78. The van der Waals surface area contributed by atoms with Gasteiger partial charge in [0, 0.05) is 22.6 Å². The van der Waals surface area contributed by atoms with Gasteiger partial charge >= 0.3 is 0 Å². The van der Waals surface area contributed by atoms with Crippen molar-refractivity contribution < 1.29 is 17.9 Å². The number of hydrogen-bond donors (Lipinski definition) is 0. The fourth-order valence-corrected chi connectivity index (χ4v) is 5.50. The molecule has 1 atom stereocenters. The molecule has 0 unspecified atom stereocenters. The maximum Gasteiger partial charge on any atom is 0.254 e. The third-order valence-electron chi connectivity index (χ3n) is 4.71. The van der Waals surface area contributed by atoms with Crippen molar-refractivity contribution in [2.24, 2.45) is 0 Å². The van der Waals surface area contributed by atoms with Crippen LogP contribution in [0.1, 0.15) is 35.7 Å². The normalized spacial score (nSPS) is 18.0. The van der Waals surface area contributed by atoms with Crippen molar-refractivity contribution in [2.45, 2.75) is 32.4 Å². The van der Waals surface area contributed by atoms with Crippen LogP contribution in [-0.4, -0.2) is 43.4 Å². The zero-order valence-corrected chi connectivity index (χ0v) is 18.2. The molecule has 0 aromatic heterocycles. The molecule has 28 heavy (non-hydrogen) atoms. The van der Waals surface area contributed by atoms with Gasteiger partial charge in [-0.3, -0.25) is 4.79 Å². The van der Waals surface area contributed by atoms with E-state index < -0.39 is 9.84 Å². The van der Waals surface area contributed by atoms with Crippen molar-refractivity contribution in [3.05, 3.63) is 64.1 Å². The third-order valence-corrected chi connectivity index (χ3v) is 6.95. The molecule has 2 aromatic carbocycles. The number of nitrogens with zero attached hydrogens (tertiary/aromatic N) is 1. The molecular formula is C21H24BrNO4S. The molecule has 0 spiro atoms. The first-order valence-electron chi connectivity index (χ1n) is 9.36. The van der Waals surface area contributed by atoms with Gasteiger partial charge in [-0.05, 0) is 48.7 Å². The molecule has 0 bridgehead atoms. The predicted molar refractivity (Wildman–Crippen MR) is 113 cm³/mol. The summed E-state index contributed by atoms with van der Waals surface area (Å²) in [7, 11) is -3.10. The summed E-state index contributed by atoms with van der Waals surface area (Å²) >= 11 is 3.45. The highest BCUT2D eigenvalue weighted by Crippen LogP contribution is 2.24. The van der Waals surface area contributed by atoms with Crippen LogP contribution >= 0.6 is 15.9 Å². The van der Waals surface area contributed by atoms with Gasteiger partial charge in [0.15, 0.2) is 9.84 Å². The summed E-state index contributed by atoms with van der Waals surface area (Å²) in [6, 6.07) is 14.5. The summed E-state index contributed by atoms with van der Waals surface area (Å²) in [5, 5.41) is 0. The second kappa shape index (κ2) is 9.09. The second-order valence-corrected chi connectivity index (χ2v) is 10.1. The molecule has 1 heterocycles. The fraction of sp³-hybridized carbons (Fsp3) is 0.381. The first kappa shape index (κ1) is 20.9. The van der Waals surface area contributed by atoms with Crippen LogP contribution in [0.4, 0.5) is 0 Å². The summed E-state index contributed by atoms with van der Waals surface area (Å²) in [4.78, 5) is 15.0. The molecular weight excluding hydrogens is 442 g/mol. The average molecular weight is 466 g/mol. The highest BCUT2D eigenvalue weighted by molar-refractivity contribution is 9.10. The van der Waals surface area contributed by atoms with E-state index in [0.717, 1.165) is 16.5 Å². The molecule has 0 radical (unpaired) electrons. The van der Waals surface area contributed by atoms with Crippen LogP contribution in [0.2, 0.25) is 0 Å². The molecule has 2 aromatic rings. The minimum Gasteiger partial charge on any atom is -0.494 e. The first-order valence-corrected chi connectivity index (χ1v) is 12.0. The minimum absolute atomic E-state index is 0.0127. The quantitative estimate of drug-likeness (QED) is 0.617. The summed E-state index contributed by atoms with van der Waals surface area (Å²) in [6.07, 6.45) is 1.35. The number of halogens is 1. The second-order valence-electron chi connectivity index (χ2n) is 7.00. The van der Waals surface area contributed by atoms with Gasteiger partial charge in [-0.1, -0.05) is 41.1 Å². The van der Waals surface area contributed by atoms with Gasteiger partial charge in [-0.15, -0.1) is 0 Å². The van der Waals surface area contributed by atoms with Crippen LogP contribution in [-0.2, 0) is 16.4 Å². The Balaban J connectivity index is 1.88. The number of sulfone groups is 1. The number of carbonyl (C=O) groups excluding carboxylic acids is 1. The van der Waals surface area contributed by atoms with Gasteiger partial charge in [0.1, 0.15) is 5.75 Å². The van der Waals surface area contributed by atoms with Gasteiger partial charge in [0.05, 0.1) is 18.1 Å². The maximum absolute atomic E-state index is 13.3. The van der Waals surface area contributed by atoms with E-state index in [4.69, 9.17) is 4.74 Å². The smallest absolute Gasteiger partial charge is 0.254 e. The zero-order valence-electron chi connectivity index (χ0n) is 15.8. The lowest BCUT2D eigenvalue weighted by Crippen LogP contribution is -2.40. The maximum atomic E-state index is 13.3. The molecule has 1 aliphatic heterocycles. The molecule has 1 fully saturated rings.